The van der Waals surface area contributed by atoms with Crippen molar-refractivity contribution in [1.82, 2.24) is 51.3 Å². The first-order valence-electron chi connectivity index (χ1n) is 31.4. The number of benzene rings is 2. The van der Waals surface area contributed by atoms with Crippen LogP contribution in [0, 0.1) is 28.9 Å². The largest absolute Gasteiger partial charge is 0.458 e. The minimum absolute atomic E-state index is 0.0905. The van der Waals surface area contributed by atoms with E-state index >= 15 is 4.39 Å². The summed E-state index contributed by atoms with van der Waals surface area (Å²) in [5.41, 5.74) is -1.93. The molecule has 1 aromatic heterocycles. The van der Waals surface area contributed by atoms with E-state index in [2.05, 4.69) is 31.9 Å². The first-order chi connectivity index (χ1) is 42.7. The molecule has 0 spiro atoms. The molecule has 1 aliphatic carbocycles. The molecule has 0 bridgehead atoms. The Kier molecular flexibility index (Phi) is 26.9. The number of aromatic nitrogens is 2. The SMILES string of the molecule is CC(C)[C@H](NC(=O)CCCCCN1C(=O)C=CC1=O)C(=O)N[C@@H](C)C(=O)N[C@@H](CCCCNC(=O)[C@@H]1CCC[C@@H]1NC(=O)[C@H](CCN(C(=O)CO)[C@@H](c1nc(-c2cc(F)ccc2F)cn1Cc1ccccc1)C(C)(C)C)NC(=O)OC(C)(C)C)C(=O)OC(C)(C)C. The van der Waals surface area contributed by atoms with Gasteiger partial charge in [-0.15, -0.1) is 0 Å². The van der Waals surface area contributed by atoms with Crippen LogP contribution in [0.4, 0.5) is 13.6 Å². The third-order valence-electron chi connectivity index (χ3n) is 15.3. The van der Waals surface area contributed by atoms with Gasteiger partial charge in [-0.05, 0) is 135 Å². The number of esters is 1. The molecule has 91 heavy (non-hydrogen) atoms. The van der Waals surface area contributed by atoms with Crippen LogP contribution in [0.1, 0.15) is 171 Å². The summed E-state index contributed by atoms with van der Waals surface area (Å²) in [4.78, 5) is 140. The number of aliphatic hydroxyl groups excluding tert-OH is 1. The van der Waals surface area contributed by atoms with Crippen LogP contribution < -0.4 is 31.9 Å². The molecule has 1 aliphatic heterocycles. The summed E-state index contributed by atoms with van der Waals surface area (Å²) < 4.78 is 43.0. The molecule has 1 saturated carbocycles. The number of alkyl carbamates (subject to hydrolysis) is 1. The van der Waals surface area contributed by atoms with Gasteiger partial charge in [0.25, 0.3) is 11.8 Å². The molecule has 2 aliphatic rings. The summed E-state index contributed by atoms with van der Waals surface area (Å²) in [6.07, 6.45) is 6.66. The fraction of sp³-hybridized carbons (Fsp3) is 0.591. The highest BCUT2D eigenvalue weighted by Crippen LogP contribution is 2.40. The van der Waals surface area contributed by atoms with Crippen molar-refractivity contribution in [3.8, 4) is 11.3 Å². The molecule has 2 aromatic carbocycles. The van der Waals surface area contributed by atoms with Crippen molar-refractivity contribution in [1.29, 1.82) is 0 Å². The average molecular weight is 1270 g/mol. The number of rotatable bonds is 31. The van der Waals surface area contributed by atoms with Crippen molar-refractivity contribution < 1.29 is 71.3 Å². The maximum Gasteiger partial charge on any atom is 0.408 e. The van der Waals surface area contributed by atoms with E-state index in [1.54, 1.807) is 66.2 Å². The smallest absolute Gasteiger partial charge is 0.408 e. The topological polar surface area (TPSA) is 306 Å². The van der Waals surface area contributed by atoms with Gasteiger partial charge in [0, 0.05) is 62.6 Å². The zero-order chi connectivity index (χ0) is 67.5. The van der Waals surface area contributed by atoms with E-state index in [0.29, 0.717) is 51.4 Å². The molecule has 3 aromatic rings. The van der Waals surface area contributed by atoms with Gasteiger partial charge in [-0.3, -0.25) is 43.3 Å². The molecule has 23 nitrogen and oxygen atoms in total. The Balaban J connectivity index is 1.22. The molecular formula is C66H94F2N10O13. The monoisotopic (exact) mass is 1270 g/mol. The number of ether oxygens (including phenoxy) is 2. The number of aliphatic hydroxyl groups is 1. The normalized spacial score (nSPS) is 16.7. The maximum absolute atomic E-state index is 15.4. The van der Waals surface area contributed by atoms with Gasteiger partial charge in [0.2, 0.25) is 35.4 Å². The molecule has 9 amide bonds. The number of nitrogens with zero attached hydrogens (tertiary/aromatic N) is 4. The maximum atomic E-state index is 15.4. The van der Waals surface area contributed by atoms with E-state index in [0.717, 1.165) is 28.7 Å². The van der Waals surface area contributed by atoms with Crippen molar-refractivity contribution in [3.05, 3.63) is 89.9 Å². The summed E-state index contributed by atoms with van der Waals surface area (Å²) in [5.74, 6) is -7.09. The van der Waals surface area contributed by atoms with Gasteiger partial charge < -0.3 is 55.9 Å². The van der Waals surface area contributed by atoms with Gasteiger partial charge in [-0.2, -0.15) is 0 Å². The van der Waals surface area contributed by atoms with Crippen LogP contribution in [0.2, 0.25) is 0 Å². The first-order valence-corrected chi connectivity index (χ1v) is 31.4. The summed E-state index contributed by atoms with van der Waals surface area (Å²) in [6.45, 7) is 19.9. The Labute approximate surface area is 532 Å². The van der Waals surface area contributed by atoms with Crippen molar-refractivity contribution in [3.63, 3.8) is 0 Å². The van der Waals surface area contributed by atoms with E-state index in [1.807, 2.05) is 51.1 Å². The number of halogens is 2. The fourth-order valence-corrected chi connectivity index (χ4v) is 10.8. The molecule has 0 radical (unpaired) electrons. The number of imidazole rings is 1. The molecule has 0 unspecified atom stereocenters. The van der Waals surface area contributed by atoms with Crippen LogP contribution in [0.5, 0.6) is 0 Å². The predicted molar refractivity (Wildman–Crippen MR) is 335 cm³/mol. The Morgan fingerprint density at radius 1 is 0.747 bits per heavy atom. The van der Waals surface area contributed by atoms with Crippen LogP contribution in [-0.4, -0.2) is 151 Å². The van der Waals surface area contributed by atoms with Crippen molar-refractivity contribution in [2.75, 3.05) is 26.2 Å². The number of amides is 9. The summed E-state index contributed by atoms with van der Waals surface area (Å²) in [6, 6.07) is 6.05. The third kappa shape index (κ3) is 23.0. The number of hydrogen-bond donors (Lipinski definition) is 7. The molecule has 1 fully saturated rings. The standard InChI is InChI=1S/C66H94F2N10O13/c1-40(2)55(75-51(80)27-17-14-20-34-77-52(81)30-31-53(77)82)61(87)70-41(3)58(84)73-49(62(88)90-65(7,8)9)25-18-19-33-69-59(85)44-24-21-26-47(44)72-60(86)48(74-63(89)91-66(10,11)12)32-35-78(54(83)39-79)56(64(4,5)6)57-71-50(45-36-43(67)28-29-46(45)68)38-76(57)37-42-22-15-13-16-23-42/h13,15-16,22-23,28-31,36,38,40-41,44,47-49,55-56,79H,14,17-21,24-27,32-35,37,39H2,1-12H3,(H,69,85)(H,70,87)(H,72,86)(H,73,84)(H,74,89)(H,75,80)/t41-,44+,47-,48-,49-,55-,56-/m0/s1. The molecule has 2 heterocycles. The van der Waals surface area contributed by atoms with Gasteiger partial charge in [0.1, 0.15) is 59.4 Å². The lowest BCUT2D eigenvalue weighted by molar-refractivity contribution is -0.159. The highest BCUT2D eigenvalue weighted by atomic mass is 19.1. The zero-order valence-electron chi connectivity index (χ0n) is 54.7. The van der Waals surface area contributed by atoms with Crippen molar-refractivity contribution in [2.24, 2.45) is 17.3 Å². The summed E-state index contributed by atoms with van der Waals surface area (Å²) >= 11 is 0. The average Bonchev–Trinajstić information content (AvgIpc) is 1.73. The van der Waals surface area contributed by atoms with Crippen LogP contribution in [0.25, 0.3) is 11.3 Å². The summed E-state index contributed by atoms with van der Waals surface area (Å²) in [7, 11) is 0. The van der Waals surface area contributed by atoms with E-state index in [9.17, 15) is 57.4 Å². The number of unbranched alkanes of at least 4 members (excludes halogenated alkanes) is 3. The predicted octanol–water partition coefficient (Wildman–Crippen LogP) is 6.60. The molecule has 7 N–H and O–H groups in total. The molecular weight excluding hydrogens is 1180 g/mol. The van der Waals surface area contributed by atoms with Gasteiger partial charge in [0.15, 0.2) is 0 Å². The first kappa shape index (κ1) is 73.6. The second-order valence-electron chi connectivity index (χ2n) is 26.7. The fourth-order valence-electron chi connectivity index (χ4n) is 10.8. The lowest BCUT2D eigenvalue weighted by Gasteiger charge is -2.40. The van der Waals surface area contributed by atoms with E-state index in [4.69, 9.17) is 14.5 Å². The van der Waals surface area contributed by atoms with Gasteiger partial charge >= 0.3 is 12.1 Å². The molecule has 500 valence electrons. The van der Waals surface area contributed by atoms with Crippen molar-refractivity contribution in [2.45, 2.75) is 208 Å². The van der Waals surface area contributed by atoms with E-state index in [1.165, 1.54) is 24.0 Å². The lowest BCUT2D eigenvalue weighted by Crippen LogP contribution is -2.56. The highest BCUT2D eigenvalue weighted by molar-refractivity contribution is 6.12. The number of carbonyl (C=O) groups excluding carboxylic acids is 10. The third-order valence-corrected chi connectivity index (χ3v) is 15.3. The zero-order valence-corrected chi connectivity index (χ0v) is 54.7. The van der Waals surface area contributed by atoms with Gasteiger partial charge in [-0.25, -0.2) is 23.4 Å². The number of imide groups is 1. The Morgan fingerprint density at radius 2 is 1.42 bits per heavy atom. The van der Waals surface area contributed by atoms with Crippen LogP contribution in [-0.2, 0) is 59.2 Å². The number of nitrogens with one attached hydrogen (secondary N) is 6. The van der Waals surface area contributed by atoms with E-state index < -0.39 is 113 Å². The number of hydrogen-bond acceptors (Lipinski definition) is 14. The minimum atomic E-state index is -1.35. The van der Waals surface area contributed by atoms with Gasteiger partial charge in [0.05, 0.1) is 17.7 Å². The van der Waals surface area contributed by atoms with Crippen LogP contribution >= 0.6 is 0 Å². The second kappa shape index (κ2) is 33.3. The Bertz CT molecular complexity index is 3060. The molecule has 7 atom stereocenters. The second-order valence-corrected chi connectivity index (χ2v) is 26.7. The molecule has 5 rings (SSSR count). The highest BCUT2D eigenvalue weighted by Gasteiger charge is 2.41. The minimum Gasteiger partial charge on any atom is -0.458 e. The molecule has 0 saturated heterocycles. The Morgan fingerprint density at radius 3 is 2.04 bits per heavy atom. The summed E-state index contributed by atoms with van der Waals surface area (Å²) in [5, 5.41) is 27.1. The van der Waals surface area contributed by atoms with Crippen molar-refractivity contribution >= 4 is 59.3 Å². The quantitative estimate of drug-likeness (QED) is 0.0203. The molecule has 25 heteroatoms. The number of carbonyl (C=O) groups is 10. The van der Waals surface area contributed by atoms with E-state index in [-0.39, 0.29) is 92.1 Å². The van der Waals surface area contributed by atoms with Crippen LogP contribution in [0.3, 0.4) is 0 Å². The van der Waals surface area contributed by atoms with Gasteiger partial charge in [-0.1, -0.05) is 77.8 Å². The lowest BCUT2D eigenvalue weighted by atomic mass is 9.84. The van der Waals surface area contributed by atoms with Crippen LogP contribution in [0.15, 0.2) is 66.9 Å². The Hall–Kier alpha value is -8.09.